The number of phenols is 1. The maximum atomic E-state index is 9.38. The van der Waals surface area contributed by atoms with Gasteiger partial charge in [0.2, 0.25) is 0 Å². The summed E-state index contributed by atoms with van der Waals surface area (Å²) in [6.45, 7) is 2.04. The predicted molar refractivity (Wildman–Crippen MR) is 97.6 cm³/mol. The monoisotopic (exact) mass is 328 g/mol. The lowest BCUT2D eigenvalue weighted by molar-refractivity contribution is 0.475. The van der Waals surface area contributed by atoms with Crippen molar-refractivity contribution in [3.8, 4) is 17.0 Å². The summed E-state index contributed by atoms with van der Waals surface area (Å²) in [6.07, 6.45) is 1.95. The lowest BCUT2D eigenvalue weighted by Crippen LogP contribution is -1.84. The SMILES string of the molecule is Cc1ccn2c(N=Nc3ccc(O)cc3)c(-c3ccccc3)nc2c1. The van der Waals surface area contributed by atoms with Crippen molar-refractivity contribution in [2.45, 2.75) is 6.92 Å². The fourth-order valence-electron chi connectivity index (χ4n) is 2.64. The van der Waals surface area contributed by atoms with E-state index >= 15 is 0 Å². The Morgan fingerprint density at radius 3 is 2.44 bits per heavy atom. The first-order valence-corrected chi connectivity index (χ1v) is 7.95. The van der Waals surface area contributed by atoms with Crippen LogP contribution in [0.3, 0.4) is 0 Å². The van der Waals surface area contributed by atoms with E-state index in [1.165, 1.54) is 0 Å². The zero-order chi connectivity index (χ0) is 17.2. The number of fused-ring (bicyclic) bond motifs is 1. The second kappa shape index (κ2) is 6.20. The first kappa shape index (κ1) is 15.1. The Bertz CT molecular complexity index is 1050. The number of azo groups is 1. The molecule has 25 heavy (non-hydrogen) atoms. The van der Waals surface area contributed by atoms with E-state index in [2.05, 4.69) is 10.2 Å². The third-order valence-electron chi connectivity index (χ3n) is 3.91. The average Bonchev–Trinajstić information content (AvgIpc) is 2.99. The summed E-state index contributed by atoms with van der Waals surface area (Å²) in [5.41, 5.74) is 4.41. The number of phenolic OH excluding ortho intramolecular Hbond substituents is 1. The Kier molecular flexibility index (Phi) is 3.74. The predicted octanol–water partition coefficient (Wildman–Crippen LogP) is 5.43. The van der Waals surface area contributed by atoms with Gasteiger partial charge >= 0.3 is 0 Å². The van der Waals surface area contributed by atoms with E-state index in [9.17, 15) is 5.11 Å². The molecule has 0 bridgehead atoms. The summed E-state index contributed by atoms with van der Waals surface area (Å²) in [5, 5.41) is 18.1. The van der Waals surface area contributed by atoms with Gasteiger partial charge in [-0.15, -0.1) is 10.2 Å². The van der Waals surface area contributed by atoms with Gasteiger partial charge in [0, 0.05) is 11.8 Å². The first-order chi connectivity index (χ1) is 12.2. The number of hydrogen-bond donors (Lipinski definition) is 1. The normalized spacial score (nSPS) is 11.4. The van der Waals surface area contributed by atoms with E-state index in [4.69, 9.17) is 4.98 Å². The highest BCUT2D eigenvalue weighted by Gasteiger charge is 2.13. The quantitative estimate of drug-likeness (QED) is 0.510. The second-order valence-corrected chi connectivity index (χ2v) is 5.80. The minimum absolute atomic E-state index is 0.203. The van der Waals surface area contributed by atoms with Crippen molar-refractivity contribution in [2.75, 3.05) is 0 Å². The summed E-state index contributed by atoms with van der Waals surface area (Å²) in [7, 11) is 0. The summed E-state index contributed by atoms with van der Waals surface area (Å²) in [4.78, 5) is 4.74. The van der Waals surface area contributed by atoms with Crippen LogP contribution >= 0.6 is 0 Å². The van der Waals surface area contributed by atoms with Crippen molar-refractivity contribution in [2.24, 2.45) is 10.2 Å². The van der Waals surface area contributed by atoms with Crippen molar-refractivity contribution >= 4 is 17.2 Å². The third-order valence-corrected chi connectivity index (χ3v) is 3.91. The van der Waals surface area contributed by atoms with E-state index in [1.54, 1.807) is 24.3 Å². The molecule has 0 spiro atoms. The molecule has 122 valence electrons. The Labute approximate surface area is 144 Å². The van der Waals surface area contributed by atoms with Crippen LogP contribution < -0.4 is 0 Å². The Morgan fingerprint density at radius 1 is 0.920 bits per heavy atom. The lowest BCUT2D eigenvalue weighted by Gasteiger charge is -2.00. The maximum absolute atomic E-state index is 9.38. The number of aryl methyl sites for hydroxylation is 1. The van der Waals surface area contributed by atoms with E-state index in [0.717, 1.165) is 22.5 Å². The fourth-order valence-corrected chi connectivity index (χ4v) is 2.64. The molecule has 0 unspecified atom stereocenters. The molecule has 0 fully saturated rings. The van der Waals surface area contributed by atoms with Crippen molar-refractivity contribution < 1.29 is 5.11 Å². The second-order valence-electron chi connectivity index (χ2n) is 5.80. The molecular formula is C20H16N4O. The number of pyridine rings is 1. The Hall–Kier alpha value is -3.47. The van der Waals surface area contributed by atoms with Crippen molar-refractivity contribution in [1.82, 2.24) is 9.38 Å². The number of benzene rings is 2. The van der Waals surface area contributed by atoms with Crippen LogP contribution in [0.1, 0.15) is 5.56 Å². The summed E-state index contributed by atoms with van der Waals surface area (Å²) in [5.74, 6) is 0.878. The fraction of sp³-hybridized carbons (Fsp3) is 0.0500. The molecule has 0 saturated heterocycles. The van der Waals surface area contributed by atoms with Crippen molar-refractivity contribution in [1.29, 1.82) is 0 Å². The van der Waals surface area contributed by atoms with Crippen LogP contribution in [0.2, 0.25) is 0 Å². The van der Waals surface area contributed by atoms with Crippen molar-refractivity contribution in [3.63, 3.8) is 0 Å². The van der Waals surface area contributed by atoms with Crippen LogP contribution in [0.4, 0.5) is 11.5 Å². The maximum Gasteiger partial charge on any atom is 0.187 e. The molecule has 0 amide bonds. The molecule has 0 aliphatic heterocycles. The van der Waals surface area contributed by atoms with Gasteiger partial charge in [-0.3, -0.25) is 4.40 Å². The number of aromatic hydroxyl groups is 1. The molecule has 0 aliphatic carbocycles. The topological polar surface area (TPSA) is 62.2 Å². The molecule has 0 atom stereocenters. The largest absolute Gasteiger partial charge is 0.508 e. The Balaban J connectivity index is 1.87. The number of rotatable bonds is 3. The van der Waals surface area contributed by atoms with Gasteiger partial charge < -0.3 is 5.11 Å². The van der Waals surface area contributed by atoms with Gasteiger partial charge in [-0.25, -0.2) is 4.98 Å². The molecule has 0 aliphatic rings. The molecule has 1 N–H and O–H groups in total. The van der Waals surface area contributed by atoms with Gasteiger partial charge in [0.05, 0.1) is 5.69 Å². The molecule has 0 saturated carbocycles. The van der Waals surface area contributed by atoms with Crippen LogP contribution in [-0.4, -0.2) is 14.5 Å². The highest BCUT2D eigenvalue weighted by Crippen LogP contribution is 2.32. The third kappa shape index (κ3) is 2.99. The molecule has 5 nitrogen and oxygen atoms in total. The molecule has 5 heteroatoms. The Morgan fingerprint density at radius 2 is 1.68 bits per heavy atom. The van der Waals surface area contributed by atoms with Crippen LogP contribution in [0.25, 0.3) is 16.9 Å². The molecule has 0 radical (unpaired) electrons. The van der Waals surface area contributed by atoms with Gasteiger partial charge in [-0.1, -0.05) is 30.3 Å². The molecule has 4 rings (SSSR count). The minimum Gasteiger partial charge on any atom is -0.508 e. The summed E-state index contributed by atoms with van der Waals surface area (Å²) < 4.78 is 1.93. The van der Waals surface area contributed by atoms with Crippen LogP contribution in [0, 0.1) is 6.92 Å². The first-order valence-electron chi connectivity index (χ1n) is 7.95. The minimum atomic E-state index is 0.203. The smallest absolute Gasteiger partial charge is 0.187 e. The lowest BCUT2D eigenvalue weighted by atomic mass is 10.1. The van der Waals surface area contributed by atoms with Gasteiger partial charge in [-0.2, -0.15) is 0 Å². The van der Waals surface area contributed by atoms with E-state index < -0.39 is 0 Å². The molecule has 2 aromatic carbocycles. The standard InChI is InChI=1S/C20H16N4O/c1-14-11-12-24-18(13-14)21-19(15-5-3-2-4-6-15)20(24)23-22-16-7-9-17(25)10-8-16/h2-13,25H,1H3. The van der Waals surface area contributed by atoms with Gasteiger partial charge in [0.15, 0.2) is 5.82 Å². The van der Waals surface area contributed by atoms with Crippen LogP contribution in [0.5, 0.6) is 5.75 Å². The number of hydrogen-bond acceptors (Lipinski definition) is 4. The van der Waals surface area contributed by atoms with Crippen LogP contribution in [0.15, 0.2) is 83.2 Å². The number of aromatic nitrogens is 2. The zero-order valence-electron chi connectivity index (χ0n) is 13.7. The van der Waals surface area contributed by atoms with Crippen molar-refractivity contribution in [3.05, 3.63) is 78.5 Å². The van der Waals surface area contributed by atoms with E-state index in [-0.39, 0.29) is 5.75 Å². The molecular weight excluding hydrogens is 312 g/mol. The molecule has 4 aromatic rings. The average molecular weight is 328 g/mol. The zero-order valence-corrected chi connectivity index (χ0v) is 13.7. The summed E-state index contributed by atoms with van der Waals surface area (Å²) >= 11 is 0. The highest BCUT2D eigenvalue weighted by molar-refractivity contribution is 5.74. The molecule has 2 aromatic heterocycles. The number of imidazole rings is 1. The van der Waals surface area contributed by atoms with E-state index in [1.807, 2.05) is 60.0 Å². The number of nitrogens with zero attached hydrogens (tertiary/aromatic N) is 4. The van der Waals surface area contributed by atoms with E-state index in [0.29, 0.717) is 11.5 Å². The summed E-state index contributed by atoms with van der Waals surface area (Å²) in [6, 6.07) is 20.6. The van der Waals surface area contributed by atoms with Gasteiger partial charge in [-0.05, 0) is 48.9 Å². The van der Waals surface area contributed by atoms with Gasteiger partial charge in [0.25, 0.3) is 0 Å². The molecule has 2 heterocycles. The van der Waals surface area contributed by atoms with Crippen LogP contribution in [-0.2, 0) is 0 Å². The van der Waals surface area contributed by atoms with Gasteiger partial charge in [0.1, 0.15) is 17.1 Å². The highest BCUT2D eigenvalue weighted by atomic mass is 16.3.